The van der Waals surface area contributed by atoms with Crippen LogP contribution in [0.5, 0.6) is 0 Å². The summed E-state index contributed by atoms with van der Waals surface area (Å²) in [6.07, 6.45) is -4.27. The van der Waals surface area contributed by atoms with Crippen LogP contribution in [0.4, 0.5) is 13.2 Å². The van der Waals surface area contributed by atoms with Crippen molar-refractivity contribution in [3.8, 4) is 0 Å². The highest BCUT2D eigenvalue weighted by molar-refractivity contribution is 5.24. The quantitative estimate of drug-likeness (QED) is 0.769. The smallest absolute Gasteiger partial charge is 0.380 e. The molecular weight excluding hydrogens is 255 g/mol. The number of halogens is 3. The summed E-state index contributed by atoms with van der Waals surface area (Å²) in [5.74, 6) is 0.509. The van der Waals surface area contributed by atoms with E-state index in [2.05, 4.69) is 19.2 Å². The lowest BCUT2D eigenvalue weighted by Crippen LogP contribution is -2.20. The molecule has 108 valence electrons. The molecule has 0 amide bonds. The molecule has 0 saturated carbocycles. The Morgan fingerprint density at radius 2 is 1.79 bits per heavy atom. The predicted molar refractivity (Wildman–Crippen MR) is 68.8 cm³/mol. The van der Waals surface area contributed by atoms with Crippen molar-refractivity contribution in [3.63, 3.8) is 0 Å². The fraction of sp³-hybridized carbons (Fsp3) is 0.571. The fourth-order valence-electron chi connectivity index (χ4n) is 1.51. The van der Waals surface area contributed by atoms with Gasteiger partial charge in [-0.15, -0.1) is 0 Å². The molecule has 1 aromatic rings. The van der Waals surface area contributed by atoms with Gasteiger partial charge in [-0.2, -0.15) is 13.2 Å². The number of benzene rings is 1. The van der Waals surface area contributed by atoms with Crippen molar-refractivity contribution in [3.05, 3.63) is 35.4 Å². The number of nitrogens with one attached hydrogen (secondary N) is 1. The summed E-state index contributed by atoms with van der Waals surface area (Å²) in [5.41, 5.74) is 0.216. The Bertz CT molecular complexity index is 360. The van der Waals surface area contributed by atoms with Gasteiger partial charge in [-0.05, 0) is 23.6 Å². The molecule has 0 aliphatic carbocycles. The van der Waals surface area contributed by atoms with E-state index in [0.29, 0.717) is 25.6 Å². The third-order valence-electron chi connectivity index (χ3n) is 2.48. The monoisotopic (exact) mass is 275 g/mol. The van der Waals surface area contributed by atoms with E-state index in [0.717, 1.165) is 24.3 Å². The van der Waals surface area contributed by atoms with Gasteiger partial charge in [0, 0.05) is 19.7 Å². The minimum atomic E-state index is -4.27. The first-order chi connectivity index (χ1) is 8.89. The molecular formula is C14H20F3NO. The Labute approximate surface area is 112 Å². The molecule has 0 heterocycles. The highest BCUT2D eigenvalue weighted by Crippen LogP contribution is 2.28. The van der Waals surface area contributed by atoms with Gasteiger partial charge in [0.2, 0.25) is 0 Å². The molecule has 19 heavy (non-hydrogen) atoms. The molecule has 0 bridgehead atoms. The van der Waals surface area contributed by atoms with Gasteiger partial charge in [0.1, 0.15) is 0 Å². The molecule has 0 aromatic heterocycles. The van der Waals surface area contributed by atoms with Gasteiger partial charge in [-0.3, -0.25) is 0 Å². The highest BCUT2D eigenvalue weighted by Gasteiger charge is 2.29. The molecule has 0 saturated heterocycles. The van der Waals surface area contributed by atoms with E-state index in [1.165, 1.54) is 12.1 Å². The van der Waals surface area contributed by atoms with Gasteiger partial charge >= 0.3 is 6.18 Å². The second kappa shape index (κ2) is 7.50. The molecule has 1 aromatic carbocycles. The Hall–Kier alpha value is -1.07. The Morgan fingerprint density at radius 1 is 1.16 bits per heavy atom. The lowest BCUT2D eigenvalue weighted by atomic mass is 10.1. The third kappa shape index (κ3) is 6.59. The van der Waals surface area contributed by atoms with Crippen molar-refractivity contribution >= 4 is 0 Å². The van der Waals surface area contributed by atoms with E-state index >= 15 is 0 Å². The molecule has 1 rings (SSSR count). The highest BCUT2D eigenvalue weighted by atomic mass is 19.4. The van der Waals surface area contributed by atoms with Crippen molar-refractivity contribution in [2.45, 2.75) is 26.6 Å². The van der Waals surface area contributed by atoms with Crippen LogP contribution in [0.25, 0.3) is 0 Å². The second-order valence-electron chi connectivity index (χ2n) is 4.84. The Balaban J connectivity index is 2.23. The second-order valence-corrected chi connectivity index (χ2v) is 4.84. The topological polar surface area (TPSA) is 21.3 Å². The summed E-state index contributed by atoms with van der Waals surface area (Å²) in [5, 5.41) is 3.13. The third-order valence-corrected chi connectivity index (χ3v) is 2.48. The van der Waals surface area contributed by atoms with E-state index < -0.39 is 11.7 Å². The zero-order chi connectivity index (χ0) is 14.3. The number of hydrogen-bond acceptors (Lipinski definition) is 2. The normalized spacial score (nSPS) is 12.1. The predicted octanol–water partition coefficient (Wildman–Crippen LogP) is 3.47. The Kier molecular flexibility index (Phi) is 6.31. The van der Waals surface area contributed by atoms with Crippen LogP contribution in [0.2, 0.25) is 0 Å². The summed E-state index contributed by atoms with van der Waals surface area (Å²) in [7, 11) is 0. The van der Waals surface area contributed by atoms with Crippen LogP contribution < -0.4 is 5.32 Å². The van der Waals surface area contributed by atoms with Crippen LogP contribution in [0.15, 0.2) is 24.3 Å². The van der Waals surface area contributed by atoms with Crippen LogP contribution in [-0.2, 0) is 17.5 Å². The molecule has 0 radical (unpaired) electrons. The summed E-state index contributed by atoms with van der Waals surface area (Å²) < 4.78 is 42.4. The minimum absolute atomic E-state index is 0.509. The van der Waals surface area contributed by atoms with Gasteiger partial charge in [0.05, 0.1) is 12.2 Å². The number of ether oxygens (including phenoxy) is 1. The number of alkyl halides is 3. The molecule has 0 aliphatic heterocycles. The van der Waals surface area contributed by atoms with Crippen molar-refractivity contribution < 1.29 is 17.9 Å². The first kappa shape index (κ1) is 16.0. The SMILES string of the molecule is CC(C)COCCNCc1ccc(C(F)(F)F)cc1. The maximum absolute atomic E-state index is 12.3. The first-order valence-corrected chi connectivity index (χ1v) is 6.34. The van der Waals surface area contributed by atoms with E-state index in [-0.39, 0.29) is 0 Å². The molecule has 0 fully saturated rings. The lowest BCUT2D eigenvalue weighted by molar-refractivity contribution is -0.137. The van der Waals surface area contributed by atoms with Crippen LogP contribution in [0, 0.1) is 5.92 Å². The number of hydrogen-bond donors (Lipinski definition) is 1. The summed E-state index contributed by atoms with van der Waals surface area (Å²) >= 11 is 0. The Morgan fingerprint density at radius 3 is 2.32 bits per heavy atom. The first-order valence-electron chi connectivity index (χ1n) is 6.34. The molecule has 0 atom stereocenters. The molecule has 1 N–H and O–H groups in total. The van der Waals surface area contributed by atoms with Gasteiger partial charge in [-0.25, -0.2) is 0 Å². The molecule has 0 spiro atoms. The van der Waals surface area contributed by atoms with Gasteiger partial charge in [0.15, 0.2) is 0 Å². The summed E-state index contributed by atoms with van der Waals surface area (Å²) in [4.78, 5) is 0. The van der Waals surface area contributed by atoms with Crippen LogP contribution in [-0.4, -0.2) is 19.8 Å². The molecule has 0 unspecified atom stereocenters. The molecule has 2 nitrogen and oxygen atoms in total. The minimum Gasteiger partial charge on any atom is -0.380 e. The van der Waals surface area contributed by atoms with Crippen molar-refractivity contribution in [2.75, 3.05) is 19.8 Å². The maximum Gasteiger partial charge on any atom is 0.416 e. The lowest BCUT2D eigenvalue weighted by Gasteiger charge is -2.09. The van der Waals surface area contributed by atoms with Crippen LogP contribution >= 0.6 is 0 Å². The number of rotatable bonds is 7. The fourth-order valence-corrected chi connectivity index (χ4v) is 1.51. The van der Waals surface area contributed by atoms with Crippen molar-refractivity contribution in [1.82, 2.24) is 5.32 Å². The average molecular weight is 275 g/mol. The molecule has 5 heteroatoms. The molecule has 0 aliphatic rings. The average Bonchev–Trinajstić information content (AvgIpc) is 2.32. The van der Waals surface area contributed by atoms with E-state index in [1.54, 1.807) is 0 Å². The van der Waals surface area contributed by atoms with E-state index in [1.807, 2.05) is 0 Å². The van der Waals surface area contributed by atoms with Crippen LogP contribution in [0.1, 0.15) is 25.0 Å². The van der Waals surface area contributed by atoms with E-state index in [9.17, 15) is 13.2 Å². The maximum atomic E-state index is 12.3. The zero-order valence-electron chi connectivity index (χ0n) is 11.3. The summed E-state index contributed by atoms with van der Waals surface area (Å²) in [6, 6.07) is 5.19. The largest absolute Gasteiger partial charge is 0.416 e. The van der Waals surface area contributed by atoms with Gasteiger partial charge in [0.25, 0.3) is 0 Å². The van der Waals surface area contributed by atoms with Gasteiger partial charge < -0.3 is 10.1 Å². The zero-order valence-corrected chi connectivity index (χ0v) is 11.3. The van der Waals surface area contributed by atoms with Crippen molar-refractivity contribution in [2.24, 2.45) is 5.92 Å². The van der Waals surface area contributed by atoms with Crippen molar-refractivity contribution in [1.29, 1.82) is 0 Å². The van der Waals surface area contributed by atoms with E-state index in [4.69, 9.17) is 4.74 Å². The standard InChI is InChI=1S/C14H20F3NO/c1-11(2)10-19-8-7-18-9-12-3-5-13(6-4-12)14(15,16)17/h3-6,11,18H,7-10H2,1-2H3. The summed E-state index contributed by atoms with van der Waals surface area (Å²) in [6.45, 7) is 6.73. The van der Waals surface area contributed by atoms with Gasteiger partial charge in [-0.1, -0.05) is 26.0 Å². The van der Waals surface area contributed by atoms with Crippen LogP contribution in [0.3, 0.4) is 0 Å².